The molecule has 7 rings (SSSR count). The highest BCUT2D eigenvalue weighted by atomic mass is 35.5. The van der Waals surface area contributed by atoms with Crippen LogP contribution in [0.25, 0.3) is 32.8 Å². The number of aryl methyl sites for hydroxylation is 3. The number of halogens is 1. The van der Waals surface area contributed by atoms with Crippen molar-refractivity contribution in [2.45, 2.75) is 86.0 Å². The fourth-order valence-corrected chi connectivity index (χ4v) is 8.89. The molecule has 2 aromatic heterocycles. The van der Waals surface area contributed by atoms with Gasteiger partial charge >= 0.3 is 12.1 Å². The summed E-state index contributed by atoms with van der Waals surface area (Å²) in [5, 5.41) is 8.55. The smallest absolute Gasteiger partial charge is 0.410 e. The monoisotopic (exact) mass is 781 g/mol. The second kappa shape index (κ2) is 15.4. The van der Waals surface area contributed by atoms with Gasteiger partial charge in [-0.2, -0.15) is 5.10 Å². The van der Waals surface area contributed by atoms with E-state index in [4.69, 9.17) is 30.9 Å². The maximum atomic E-state index is 14.5. The molecule has 0 aliphatic carbocycles. The van der Waals surface area contributed by atoms with Crippen LogP contribution in [0.15, 0.2) is 54.6 Å². The standard InChI is InChI=1S/C45H56ClN5O5/c1-28-38(29(2)48(9)47-28)39-36(46)20-19-35-34(17-13-23-54-37-18-12-15-30-14-10-11-16-33(30)37)41(42(52)55-44(3,4)5)51(40(35)39)22-21-49-24-31-26-50(27-32(31)25-49)43(53)56-45(6,7)8/h10-12,14-16,18-20,31-32H,13,17,21-27H2,1-9H3/t31-,32+. The van der Waals surface area contributed by atoms with Gasteiger partial charge in [-0.3, -0.25) is 4.68 Å². The van der Waals surface area contributed by atoms with Gasteiger partial charge < -0.3 is 28.6 Å². The van der Waals surface area contributed by atoms with Crippen LogP contribution in [0.3, 0.4) is 0 Å². The highest BCUT2D eigenvalue weighted by Crippen LogP contribution is 2.43. The van der Waals surface area contributed by atoms with E-state index in [2.05, 4.69) is 40.7 Å². The van der Waals surface area contributed by atoms with Gasteiger partial charge in [0.25, 0.3) is 0 Å². The molecule has 0 spiro atoms. The maximum absolute atomic E-state index is 14.5. The van der Waals surface area contributed by atoms with Crippen molar-refractivity contribution in [1.29, 1.82) is 0 Å². The molecular formula is C45H56ClN5O5. The molecule has 298 valence electrons. The van der Waals surface area contributed by atoms with Crippen molar-refractivity contribution in [3.05, 3.63) is 82.3 Å². The number of carbonyl (C=O) groups is 2. The van der Waals surface area contributed by atoms with Crippen molar-refractivity contribution in [3.63, 3.8) is 0 Å². The number of carbonyl (C=O) groups excluding carboxylic acids is 2. The molecule has 1 amide bonds. The molecule has 10 nitrogen and oxygen atoms in total. The minimum absolute atomic E-state index is 0.236. The Morgan fingerprint density at radius 2 is 1.50 bits per heavy atom. The largest absolute Gasteiger partial charge is 0.493 e. The van der Waals surface area contributed by atoms with Crippen LogP contribution in [0.2, 0.25) is 5.02 Å². The quantitative estimate of drug-likeness (QED) is 0.103. The van der Waals surface area contributed by atoms with Crippen LogP contribution in [-0.4, -0.2) is 86.7 Å². The predicted octanol–water partition coefficient (Wildman–Crippen LogP) is 9.23. The Hall–Kier alpha value is -4.54. The molecule has 0 saturated carbocycles. The summed E-state index contributed by atoms with van der Waals surface area (Å²) in [6, 6.07) is 18.3. The molecule has 4 heterocycles. The molecule has 0 unspecified atom stereocenters. The average Bonchev–Trinajstić information content (AvgIpc) is 3.84. The van der Waals surface area contributed by atoms with E-state index in [1.54, 1.807) is 0 Å². The molecule has 11 heteroatoms. The molecule has 2 fully saturated rings. The number of fused-ring (bicyclic) bond motifs is 3. The van der Waals surface area contributed by atoms with Gasteiger partial charge in [0, 0.05) is 73.9 Å². The number of likely N-dealkylation sites (tertiary alicyclic amines) is 2. The Morgan fingerprint density at radius 3 is 2.16 bits per heavy atom. The number of ether oxygens (including phenoxy) is 3. The van der Waals surface area contributed by atoms with Crippen LogP contribution in [0, 0.1) is 25.7 Å². The van der Waals surface area contributed by atoms with Gasteiger partial charge in [-0.25, -0.2) is 9.59 Å². The van der Waals surface area contributed by atoms with Crippen molar-refractivity contribution in [2.24, 2.45) is 18.9 Å². The lowest BCUT2D eigenvalue weighted by atomic mass is 9.98. The number of benzene rings is 3. The van der Waals surface area contributed by atoms with Gasteiger partial charge in [0.05, 0.1) is 22.8 Å². The molecule has 0 radical (unpaired) electrons. The van der Waals surface area contributed by atoms with Crippen LogP contribution in [0.1, 0.15) is 75.4 Å². The highest BCUT2D eigenvalue weighted by molar-refractivity contribution is 6.35. The maximum Gasteiger partial charge on any atom is 0.410 e. The number of nitrogens with zero attached hydrogens (tertiary/aromatic N) is 5. The Labute approximate surface area is 335 Å². The molecule has 2 saturated heterocycles. The van der Waals surface area contributed by atoms with Gasteiger partial charge in [0.15, 0.2) is 0 Å². The first-order valence-corrected chi connectivity index (χ1v) is 20.2. The van der Waals surface area contributed by atoms with Gasteiger partial charge in [0.1, 0.15) is 22.6 Å². The normalized spacial score (nSPS) is 17.6. The highest BCUT2D eigenvalue weighted by Gasteiger charge is 2.43. The van der Waals surface area contributed by atoms with Crippen molar-refractivity contribution in [1.82, 2.24) is 24.1 Å². The fraction of sp³-hybridized carbons (Fsp3) is 0.489. The zero-order valence-corrected chi connectivity index (χ0v) is 35.1. The fourth-order valence-electron chi connectivity index (χ4n) is 8.64. The number of amides is 1. The van der Waals surface area contributed by atoms with E-state index in [9.17, 15) is 9.59 Å². The second-order valence-corrected chi connectivity index (χ2v) is 18.0. The Bertz CT molecular complexity index is 2260. The first-order chi connectivity index (χ1) is 26.5. The lowest BCUT2D eigenvalue weighted by Gasteiger charge is -2.26. The summed E-state index contributed by atoms with van der Waals surface area (Å²) in [7, 11) is 1.95. The van der Waals surface area contributed by atoms with E-state index in [0.717, 1.165) is 75.1 Å². The summed E-state index contributed by atoms with van der Waals surface area (Å²) in [4.78, 5) is 31.7. The van der Waals surface area contributed by atoms with Gasteiger partial charge in [-0.15, -0.1) is 0 Å². The Morgan fingerprint density at radius 1 is 0.821 bits per heavy atom. The molecule has 0 N–H and O–H groups in total. The number of hydrogen-bond donors (Lipinski definition) is 0. The van der Waals surface area contributed by atoms with E-state index >= 15 is 0 Å². The van der Waals surface area contributed by atoms with Crippen molar-refractivity contribution in [2.75, 3.05) is 39.3 Å². The summed E-state index contributed by atoms with van der Waals surface area (Å²) in [5.41, 5.74) is 4.90. The number of rotatable bonds is 10. The third-order valence-electron chi connectivity index (χ3n) is 11.1. The van der Waals surface area contributed by atoms with E-state index in [1.807, 2.05) is 95.4 Å². The summed E-state index contributed by atoms with van der Waals surface area (Å²) < 4.78 is 22.3. The first kappa shape index (κ1) is 39.7. The van der Waals surface area contributed by atoms with E-state index in [-0.39, 0.29) is 12.1 Å². The molecule has 56 heavy (non-hydrogen) atoms. The SMILES string of the molecule is Cc1nn(C)c(C)c1-c1c(Cl)ccc2c(CCCOc3cccc4ccccc34)c(C(=O)OC(C)(C)C)n(CCN3C[C@@H]4CN(C(=O)OC(C)(C)C)C[C@@H]4C3)c12. The molecule has 2 aliphatic heterocycles. The van der Waals surface area contributed by atoms with Crippen LogP contribution in [0.5, 0.6) is 5.75 Å². The van der Waals surface area contributed by atoms with Crippen LogP contribution < -0.4 is 4.74 Å². The van der Waals surface area contributed by atoms with Crippen LogP contribution >= 0.6 is 11.6 Å². The van der Waals surface area contributed by atoms with Gasteiger partial charge in [-0.05, 0) is 103 Å². The Kier molecular flexibility index (Phi) is 10.9. The zero-order chi connectivity index (χ0) is 40.1. The minimum Gasteiger partial charge on any atom is -0.493 e. The lowest BCUT2D eigenvalue weighted by Crippen LogP contribution is -2.38. The zero-order valence-electron chi connectivity index (χ0n) is 34.4. The molecule has 0 bridgehead atoms. The van der Waals surface area contributed by atoms with Gasteiger partial charge in [0.2, 0.25) is 0 Å². The number of esters is 1. The third kappa shape index (κ3) is 8.14. The number of hydrogen-bond acceptors (Lipinski definition) is 7. The topological polar surface area (TPSA) is 91.1 Å². The molecule has 5 aromatic rings. The summed E-state index contributed by atoms with van der Waals surface area (Å²) in [6.07, 6.45) is 1.05. The van der Waals surface area contributed by atoms with E-state index in [1.165, 1.54) is 0 Å². The molecule has 2 aliphatic rings. The second-order valence-electron chi connectivity index (χ2n) is 17.6. The third-order valence-corrected chi connectivity index (χ3v) is 11.4. The van der Waals surface area contributed by atoms with E-state index < -0.39 is 11.2 Å². The summed E-state index contributed by atoms with van der Waals surface area (Å²) >= 11 is 7.18. The number of aromatic nitrogens is 3. The minimum atomic E-state index is -0.698. The molecule has 3 aromatic carbocycles. The molecular weight excluding hydrogens is 726 g/mol. The van der Waals surface area contributed by atoms with Gasteiger partial charge in [-0.1, -0.05) is 54.1 Å². The van der Waals surface area contributed by atoms with Crippen LogP contribution in [-0.2, 0) is 29.5 Å². The lowest BCUT2D eigenvalue weighted by molar-refractivity contribution is 0.00559. The average molecular weight is 782 g/mol. The van der Waals surface area contributed by atoms with E-state index in [0.29, 0.717) is 61.6 Å². The predicted molar refractivity (Wildman–Crippen MR) is 223 cm³/mol. The Balaban J connectivity index is 1.23. The van der Waals surface area contributed by atoms with Crippen LogP contribution in [0.4, 0.5) is 4.79 Å². The van der Waals surface area contributed by atoms with Crippen molar-refractivity contribution >= 4 is 45.3 Å². The first-order valence-electron chi connectivity index (χ1n) is 19.9. The summed E-state index contributed by atoms with van der Waals surface area (Å²) in [6.45, 7) is 20.4. The molecule has 2 atom stereocenters. The van der Waals surface area contributed by atoms with Crippen molar-refractivity contribution in [3.8, 4) is 16.9 Å². The van der Waals surface area contributed by atoms with Crippen molar-refractivity contribution < 1.29 is 23.8 Å². The summed E-state index contributed by atoms with van der Waals surface area (Å²) in [5.74, 6) is 1.24.